The third kappa shape index (κ3) is 2.85. The Morgan fingerprint density at radius 3 is 2.77 bits per heavy atom. The van der Waals surface area contributed by atoms with Crippen molar-refractivity contribution in [3.8, 4) is 0 Å². The molecule has 1 N–H and O–H groups in total. The van der Waals surface area contributed by atoms with Gasteiger partial charge in [-0.15, -0.1) is 0 Å². The molecule has 1 aromatic rings. The van der Waals surface area contributed by atoms with Crippen molar-refractivity contribution in [1.29, 1.82) is 0 Å². The molecular weight excluding hydrogens is 160 g/mol. The minimum Gasteiger partial charge on any atom is -0.396 e. The molecule has 1 aromatic carbocycles. The average molecular weight is 178 g/mol. The quantitative estimate of drug-likeness (QED) is 0.751. The van der Waals surface area contributed by atoms with Crippen molar-refractivity contribution in [2.24, 2.45) is 0 Å². The SMILES string of the molecule is CCCc1cccc(C(C)CO)c1. The lowest BCUT2D eigenvalue weighted by Crippen LogP contribution is -1.99. The molecule has 72 valence electrons. The standard InChI is InChI=1S/C12H18O/c1-3-5-11-6-4-7-12(8-11)10(2)9-13/h4,6-8,10,13H,3,5,9H2,1-2H3. The van der Waals surface area contributed by atoms with Crippen molar-refractivity contribution in [1.82, 2.24) is 0 Å². The van der Waals surface area contributed by atoms with E-state index in [9.17, 15) is 0 Å². The first kappa shape index (κ1) is 10.3. The van der Waals surface area contributed by atoms with Crippen molar-refractivity contribution in [3.05, 3.63) is 35.4 Å². The summed E-state index contributed by atoms with van der Waals surface area (Å²) in [6.07, 6.45) is 2.31. The molecule has 0 radical (unpaired) electrons. The third-order valence-electron chi connectivity index (χ3n) is 2.33. The Kier molecular flexibility index (Phi) is 3.97. The van der Waals surface area contributed by atoms with Crippen LogP contribution in [0.2, 0.25) is 0 Å². The Hall–Kier alpha value is -0.820. The van der Waals surface area contributed by atoms with Crippen molar-refractivity contribution < 1.29 is 5.11 Å². The zero-order valence-electron chi connectivity index (χ0n) is 8.46. The molecule has 1 nitrogen and oxygen atoms in total. The first-order valence-electron chi connectivity index (χ1n) is 4.97. The molecule has 0 aromatic heterocycles. The summed E-state index contributed by atoms with van der Waals surface area (Å²) >= 11 is 0. The van der Waals surface area contributed by atoms with Crippen LogP contribution in [0.5, 0.6) is 0 Å². The van der Waals surface area contributed by atoms with Crippen LogP contribution in [0.15, 0.2) is 24.3 Å². The lowest BCUT2D eigenvalue weighted by atomic mass is 9.98. The Morgan fingerprint density at radius 1 is 1.38 bits per heavy atom. The molecule has 0 aliphatic carbocycles. The molecule has 0 saturated heterocycles. The van der Waals surface area contributed by atoms with Crippen LogP contribution in [0, 0.1) is 0 Å². The molecule has 0 aliphatic heterocycles. The van der Waals surface area contributed by atoms with E-state index >= 15 is 0 Å². The number of aryl methyl sites for hydroxylation is 1. The second-order valence-electron chi connectivity index (χ2n) is 3.58. The molecule has 0 heterocycles. The lowest BCUT2D eigenvalue weighted by Gasteiger charge is -2.09. The fraction of sp³-hybridized carbons (Fsp3) is 0.500. The molecule has 0 spiro atoms. The Bertz CT molecular complexity index is 255. The van der Waals surface area contributed by atoms with Gasteiger partial charge in [-0.2, -0.15) is 0 Å². The highest BCUT2D eigenvalue weighted by Crippen LogP contribution is 2.16. The van der Waals surface area contributed by atoms with E-state index in [1.54, 1.807) is 0 Å². The summed E-state index contributed by atoms with van der Waals surface area (Å²) in [5.74, 6) is 0.261. The minimum atomic E-state index is 0.232. The van der Waals surface area contributed by atoms with E-state index in [-0.39, 0.29) is 12.5 Å². The van der Waals surface area contributed by atoms with Gasteiger partial charge in [-0.1, -0.05) is 44.5 Å². The van der Waals surface area contributed by atoms with Gasteiger partial charge in [0.05, 0.1) is 0 Å². The summed E-state index contributed by atoms with van der Waals surface area (Å²) in [5.41, 5.74) is 2.62. The van der Waals surface area contributed by atoms with Crippen molar-refractivity contribution in [2.45, 2.75) is 32.6 Å². The second kappa shape index (κ2) is 5.03. The number of hydrogen-bond acceptors (Lipinski definition) is 1. The molecule has 0 bridgehead atoms. The summed E-state index contributed by atoms with van der Waals surface area (Å²) in [4.78, 5) is 0. The first-order chi connectivity index (χ1) is 6.27. The van der Waals surface area contributed by atoms with Crippen LogP contribution >= 0.6 is 0 Å². The number of benzene rings is 1. The smallest absolute Gasteiger partial charge is 0.0497 e. The predicted molar refractivity (Wildman–Crippen MR) is 55.9 cm³/mol. The van der Waals surface area contributed by atoms with Crippen LogP contribution < -0.4 is 0 Å². The van der Waals surface area contributed by atoms with Crippen LogP contribution in [0.25, 0.3) is 0 Å². The van der Waals surface area contributed by atoms with E-state index in [0.717, 1.165) is 6.42 Å². The van der Waals surface area contributed by atoms with Gasteiger partial charge in [0.2, 0.25) is 0 Å². The van der Waals surface area contributed by atoms with Crippen molar-refractivity contribution in [2.75, 3.05) is 6.61 Å². The van der Waals surface area contributed by atoms with Crippen LogP contribution in [0.3, 0.4) is 0 Å². The first-order valence-corrected chi connectivity index (χ1v) is 4.97. The van der Waals surface area contributed by atoms with E-state index in [4.69, 9.17) is 5.11 Å². The van der Waals surface area contributed by atoms with Crippen molar-refractivity contribution >= 4 is 0 Å². The maximum Gasteiger partial charge on any atom is 0.0497 e. The van der Waals surface area contributed by atoms with Crippen LogP contribution in [-0.2, 0) is 6.42 Å². The van der Waals surface area contributed by atoms with Gasteiger partial charge in [0.1, 0.15) is 0 Å². The fourth-order valence-corrected chi connectivity index (χ4v) is 1.45. The van der Waals surface area contributed by atoms with E-state index < -0.39 is 0 Å². The summed E-state index contributed by atoms with van der Waals surface area (Å²) < 4.78 is 0. The number of aliphatic hydroxyl groups excluding tert-OH is 1. The van der Waals surface area contributed by atoms with Crippen LogP contribution in [-0.4, -0.2) is 11.7 Å². The maximum atomic E-state index is 9.01. The van der Waals surface area contributed by atoms with Gasteiger partial charge in [-0.3, -0.25) is 0 Å². The largest absolute Gasteiger partial charge is 0.396 e. The van der Waals surface area contributed by atoms with Gasteiger partial charge in [0.25, 0.3) is 0 Å². The highest BCUT2D eigenvalue weighted by atomic mass is 16.3. The van der Waals surface area contributed by atoms with Gasteiger partial charge in [-0.25, -0.2) is 0 Å². The van der Waals surface area contributed by atoms with Crippen molar-refractivity contribution in [3.63, 3.8) is 0 Å². The van der Waals surface area contributed by atoms with E-state index in [0.29, 0.717) is 0 Å². The molecule has 13 heavy (non-hydrogen) atoms. The minimum absolute atomic E-state index is 0.232. The molecule has 1 unspecified atom stereocenters. The average Bonchev–Trinajstić information content (AvgIpc) is 2.18. The normalized spacial score (nSPS) is 12.8. The Labute approximate surface area is 80.4 Å². The molecule has 0 aliphatic rings. The van der Waals surface area contributed by atoms with Gasteiger partial charge in [0, 0.05) is 12.5 Å². The molecule has 1 atom stereocenters. The zero-order valence-corrected chi connectivity index (χ0v) is 8.46. The van der Waals surface area contributed by atoms with E-state index in [1.807, 2.05) is 6.92 Å². The number of hydrogen-bond donors (Lipinski definition) is 1. The Balaban J connectivity index is 2.78. The number of rotatable bonds is 4. The summed E-state index contributed by atoms with van der Waals surface area (Å²) in [7, 11) is 0. The molecule has 1 heteroatoms. The fourth-order valence-electron chi connectivity index (χ4n) is 1.45. The highest BCUT2D eigenvalue weighted by Gasteiger charge is 2.03. The predicted octanol–water partition coefficient (Wildman–Crippen LogP) is 2.73. The monoisotopic (exact) mass is 178 g/mol. The maximum absolute atomic E-state index is 9.01. The van der Waals surface area contributed by atoms with Crippen LogP contribution in [0.4, 0.5) is 0 Å². The second-order valence-corrected chi connectivity index (χ2v) is 3.58. The molecule has 1 rings (SSSR count). The molecule has 0 fully saturated rings. The van der Waals surface area contributed by atoms with E-state index in [2.05, 4.69) is 31.2 Å². The lowest BCUT2D eigenvalue weighted by molar-refractivity contribution is 0.273. The van der Waals surface area contributed by atoms with Gasteiger partial charge >= 0.3 is 0 Å². The summed E-state index contributed by atoms with van der Waals surface area (Å²) in [6.45, 7) is 4.46. The third-order valence-corrected chi connectivity index (χ3v) is 2.33. The topological polar surface area (TPSA) is 20.2 Å². The molecular formula is C12H18O. The van der Waals surface area contributed by atoms with Crippen LogP contribution in [0.1, 0.15) is 37.3 Å². The zero-order chi connectivity index (χ0) is 9.68. The van der Waals surface area contributed by atoms with Gasteiger partial charge < -0.3 is 5.11 Å². The van der Waals surface area contributed by atoms with Gasteiger partial charge in [-0.05, 0) is 17.5 Å². The Morgan fingerprint density at radius 2 is 2.15 bits per heavy atom. The summed E-state index contributed by atoms with van der Waals surface area (Å²) in [5, 5.41) is 9.01. The number of aliphatic hydroxyl groups is 1. The molecule has 0 saturated carbocycles. The van der Waals surface area contributed by atoms with E-state index in [1.165, 1.54) is 17.5 Å². The van der Waals surface area contributed by atoms with Gasteiger partial charge in [0.15, 0.2) is 0 Å². The summed E-state index contributed by atoms with van der Waals surface area (Å²) in [6, 6.07) is 8.51. The highest BCUT2D eigenvalue weighted by molar-refractivity contribution is 5.26. The molecule has 0 amide bonds.